The molecule has 0 saturated heterocycles. The maximum atomic E-state index is 11.3. The fourth-order valence-corrected chi connectivity index (χ4v) is 2.82. The predicted molar refractivity (Wildman–Crippen MR) is 90.8 cm³/mol. The van der Waals surface area contributed by atoms with Crippen molar-refractivity contribution < 1.29 is 9.53 Å². The van der Waals surface area contributed by atoms with Crippen LogP contribution < -0.4 is 4.74 Å². The number of hydrogen-bond acceptors (Lipinski definition) is 2. The van der Waals surface area contributed by atoms with Crippen LogP contribution in [0.15, 0.2) is 36.4 Å². The smallest absolute Gasteiger partial charge is 0.134 e. The van der Waals surface area contributed by atoms with E-state index in [4.69, 9.17) is 4.74 Å². The maximum Gasteiger partial charge on any atom is 0.134 e. The summed E-state index contributed by atoms with van der Waals surface area (Å²) in [7, 11) is 1.70. The SMILES string of the molecule is COc1ccc(C(C)c2ccc(CC(C)=O)c(C)c2)cc1C. The highest BCUT2D eigenvalue weighted by Gasteiger charge is 2.12. The number of hydrogen-bond donors (Lipinski definition) is 0. The molecule has 0 radical (unpaired) electrons. The topological polar surface area (TPSA) is 26.3 Å². The van der Waals surface area contributed by atoms with Crippen molar-refractivity contribution in [2.45, 2.75) is 40.0 Å². The van der Waals surface area contributed by atoms with E-state index in [2.05, 4.69) is 51.1 Å². The number of aryl methyl sites for hydroxylation is 2. The van der Waals surface area contributed by atoms with E-state index in [0.29, 0.717) is 12.3 Å². The summed E-state index contributed by atoms with van der Waals surface area (Å²) in [6, 6.07) is 12.7. The van der Waals surface area contributed by atoms with Gasteiger partial charge in [-0.15, -0.1) is 0 Å². The lowest BCUT2D eigenvalue weighted by Gasteiger charge is -2.16. The van der Waals surface area contributed by atoms with Crippen LogP contribution in [-0.4, -0.2) is 12.9 Å². The predicted octanol–water partition coefficient (Wildman–Crippen LogP) is 4.60. The molecule has 116 valence electrons. The molecule has 0 aliphatic carbocycles. The molecule has 0 amide bonds. The van der Waals surface area contributed by atoms with Gasteiger partial charge in [-0.1, -0.05) is 37.3 Å². The van der Waals surface area contributed by atoms with E-state index in [1.54, 1.807) is 14.0 Å². The average Bonchev–Trinajstić information content (AvgIpc) is 2.48. The van der Waals surface area contributed by atoms with E-state index in [1.807, 2.05) is 6.07 Å². The third kappa shape index (κ3) is 3.56. The number of rotatable bonds is 5. The summed E-state index contributed by atoms with van der Waals surface area (Å²) in [6.45, 7) is 7.99. The van der Waals surface area contributed by atoms with Crippen LogP contribution in [0.5, 0.6) is 5.75 Å². The average molecular weight is 296 g/mol. The minimum absolute atomic E-state index is 0.203. The highest BCUT2D eigenvalue weighted by Crippen LogP contribution is 2.29. The van der Waals surface area contributed by atoms with Crippen LogP contribution >= 0.6 is 0 Å². The Labute approximate surface area is 133 Å². The van der Waals surface area contributed by atoms with Crippen LogP contribution in [0.3, 0.4) is 0 Å². The molecule has 1 unspecified atom stereocenters. The Bertz CT molecular complexity index is 686. The van der Waals surface area contributed by atoms with Gasteiger partial charge in [-0.25, -0.2) is 0 Å². The second kappa shape index (κ2) is 6.78. The summed E-state index contributed by atoms with van der Waals surface area (Å²) in [5.74, 6) is 1.44. The normalized spacial score (nSPS) is 12.0. The summed E-state index contributed by atoms with van der Waals surface area (Å²) in [4.78, 5) is 11.3. The van der Waals surface area contributed by atoms with Crippen molar-refractivity contribution in [3.05, 3.63) is 64.2 Å². The molecule has 2 aromatic carbocycles. The second-order valence-corrected chi connectivity index (χ2v) is 6.02. The minimum atomic E-state index is 0.203. The first kappa shape index (κ1) is 16.3. The Morgan fingerprint density at radius 3 is 2.14 bits per heavy atom. The van der Waals surface area contributed by atoms with E-state index in [0.717, 1.165) is 16.9 Å². The lowest BCUT2D eigenvalue weighted by Crippen LogP contribution is -2.02. The third-order valence-electron chi connectivity index (χ3n) is 4.22. The van der Waals surface area contributed by atoms with E-state index in [1.165, 1.54) is 16.7 Å². The van der Waals surface area contributed by atoms with E-state index in [-0.39, 0.29) is 5.78 Å². The molecule has 0 aromatic heterocycles. The van der Waals surface area contributed by atoms with Gasteiger partial charge in [0.1, 0.15) is 11.5 Å². The van der Waals surface area contributed by atoms with Gasteiger partial charge in [0.15, 0.2) is 0 Å². The molecule has 0 saturated carbocycles. The molecule has 0 bridgehead atoms. The molecule has 0 fully saturated rings. The molecule has 22 heavy (non-hydrogen) atoms. The van der Waals surface area contributed by atoms with Gasteiger partial charge in [-0.3, -0.25) is 4.79 Å². The summed E-state index contributed by atoms with van der Waals surface area (Å²) in [5, 5.41) is 0. The second-order valence-electron chi connectivity index (χ2n) is 6.02. The van der Waals surface area contributed by atoms with Gasteiger partial charge in [-0.05, 0) is 54.7 Å². The molecular weight excluding hydrogens is 272 g/mol. The lowest BCUT2D eigenvalue weighted by molar-refractivity contribution is -0.116. The van der Waals surface area contributed by atoms with Crippen molar-refractivity contribution in [3.63, 3.8) is 0 Å². The van der Waals surface area contributed by atoms with Crippen molar-refractivity contribution in [1.82, 2.24) is 0 Å². The quantitative estimate of drug-likeness (QED) is 0.806. The van der Waals surface area contributed by atoms with Crippen LogP contribution in [0.25, 0.3) is 0 Å². The molecule has 2 nitrogen and oxygen atoms in total. The number of carbonyl (C=O) groups excluding carboxylic acids is 1. The first-order valence-electron chi connectivity index (χ1n) is 7.65. The molecule has 0 heterocycles. The summed E-state index contributed by atoms with van der Waals surface area (Å²) in [6.07, 6.45) is 0.516. The van der Waals surface area contributed by atoms with E-state index < -0.39 is 0 Å². The van der Waals surface area contributed by atoms with Crippen LogP contribution in [0.2, 0.25) is 0 Å². The van der Waals surface area contributed by atoms with Gasteiger partial charge in [0.05, 0.1) is 7.11 Å². The molecule has 0 spiro atoms. The van der Waals surface area contributed by atoms with Gasteiger partial charge in [0, 0.05) is 12.3 Å². The largest absolute Gasteiger partial charge is 0.496 e. The van der Waals surface area contributed by atoms with Crippen LogP contribution in [0.4, 0.5) is 0 Å². The Morgan fingerprint density at radius 2 is 1.64 bits per heavy atom. The van der Waals surface area contributed by atoms with Crippen molar-refractivity contribution in [2.24, 2.45) is 0 Å². The molecule has 0 N–H and O–H groups in total. The van der Waals surface area contributed by atoms with Crippen LogP contribution in [0, 0.1) is 13.8 Å². The maximum absolute atomic E-state index is 11.3. The summed E-state index contributed by atoms with van der Waals surface area (Å²) < 4.78 is 5.33. The van der Waals surface area contributed by atoms with Crippen molar-refractivity contribution in [3.8, 4) is 5.75 Å². The van der Waals surface area contributed by atoms with E-state index >= 15 is 0 Å². The number of carbonyl (C=O) groups is 1. The van der Waals surface area contributed by atoms with Gasteiger partial charge in [-0.2, -0.15) is 0 Å². The number of methoxy groups -OCH3 is 1. The molecule has 0 aliphatic heterocycles. The van der Waals surface area contributed by atoms with Crippen molar-refractivity contribution in [2.75, 3.05) is 7.11 Å². The molecule has 0 aliphatic rings. The summed E-state index contributed by atoms with van der Waals surface area (Å²) >= 11 is 0. The number of benzene rings is 2. The first-order valence-corrected chi connectivity index (χ1v) is 7.65. The molecule has 2 heteroatoms. The zero-order valence-corrected chi connectivity index (χ0v) is 14.1. The zero-order valence-electron chi connectivity index (χ0n) is 14.1. The monoisotopic (exact) mass is 296 g/mol. The van der Waals surface area contributed by atoms with Crippen LogP contribution in [0.1, 0.15) is 47.6 Å². The Morgan fingerprint density at radius 1 is 1.05 bits per heavy atom. The number of ketones is 1. The molecule has 2 aromatic rings. The highest BCUT2D eigenvalue weighted by atomic mass is 16.5. The number of Topliss-reactive ketones (excluding diaryl/α,β-unsaturated/α-hetero) is 1. The fraction of sp³-hybridized carbons (Fsp3) is 0.350. The third-order valence-corrected chi connectivity index (χ3v) is 4.22. The Balaban J connectivity index is 2.29. The van der Waals surface area contributed by atoms with Gasteiger partial charge >= 0.3 is 0 Å². The highest BCUT2D eigenvalue weighted by molar-refractivity contribution is 5.78. The molecule has 1 atom stereocenters. The molecular formula is C20H24O2. The summed E-state index contributed by atoms with van der Waals surface area (Å²) in [5.41, 5.74) is 6.00. The number of ether oxygens (including phenoxy) is 1. The minimum Gasteiger partial charge on any atom is -0.496 e. The molecule has 2 rings (SSSR count). The van der Waals surface area contributed by atoms with Gasteiger partial charge < -0.3 is 4.74 Å². The van der Waals surface area contributed by atoms with Crippen molar-refractivity contribution in [1.29, 1.82) is 0 Å². The van der Waals surface area contributed by atoms with Gasteiger partial charge in [0.25, 0.3) is 0 Å². The fourth-order valence-electron chi connectivity index (χ4n) is 2.82. The first-order chi connectivity index (χ1) is 10.4. The van der Waals surface area contributed by atoms with Gasteiger partial charge in [0.2, 0.25) is 0 Å². The van der Waals surface area contributed by atoms with Crippen LogP contribution in [-0.2, 0) is 11.2 Å². The Kier molecular flexibility index (Phi) is 5.02. The lowest BCUT2D eigenvalue weighted by atomic mass is 9.89. The van der Waals surface area contributed by atoms with Crippen molar-refractivity contribution >= 4 is 5.78 Å². The standard InChI is InChI=1S/C20H24O2/c1-13-10-18(7-6-17(13)12-15(3)21)16(4)19-8-9-20(22-5)14(2)11-19/h6-11,16H,12H2,1-5H3. The Hall–Kier alpha value is -2.09. The zero-order chi connectivity index (χ0) is 16.3. The van der Waals surface area contributed by atoms with E-state index in [9.17, 15) is 4.79 Å².